The summed E-state index contributed by atoms with van der Waals surface area (Å²) in [5, 5.41) is 13.3. The van der Waals surface area contributed by atoms with Gasteiger partial charge in [0, 0.05) is 32.2 Å². The van der Waals surface area contributed by atoms with E-state index in [0.717, 1.165) is 37.5 Å². The summed E-state index contributed by atoms with van der Waals surface area (Å²) in [6, 6.07) is 5.60. The third-order valence-corrected chi connectivity index (χ3v) is 3.38. The molecule has 1 fully saturated rings. The van der Waals surface area contributed by atoms with Gasteiger partial charge in [0.05, 0.1) is 12.7 Å². The molecule has 2 N–H and O–H groups in total. The largest absolute Gasteiger partial charge is 0.507 e. The molecule has 1 atom stereocenters. The number of ether oxygens (including phenoxy) is 1. The summed E-state index contributed by atoms with van der Waals surface area (Å²) in [7, 11) is 1.64. The number of piperazine rings is 1. The van der Waals surface area contributed by atoms with Gasteiger partial charge in [-0.1, -0.05) is 6.07 Å². The lowest BCUT2D eigenvalue weighted by Gasteiger charge is -2.33. The van der Waals surface area contributed by atoms with Crippen molar-refractivity contribution in [2.75, 3.05) is 33.3 Å². The lowest BCUT2D eigenvalue weighted by atomic mass is 10.0. The third-order valence-electron chi connectivity index (χ3n) is 3.38. The molecule has 0 saturated carbocycles. The van der Waals surface area contributed by atoms with Crippen LogP contribution in [0.4, 0.5) is 0 Å². The van der Waals surface area contributed by atoms with Gasteiger partial charge >= 0.3 is 0 Å². The normalized spacial score (nSPS) is 18.9. The molecule has 1 heterocycles. The average Bonchev–Trinajstić information content (AvgIpc) is 2.38. The quantitative estimate of drug-likeness (QED) is 0.832. The fourth-order valence-electron chi connectivity index (χ4n) is 2.38. The molecule has 4 heteroatoms. The van der Waals surface area contributed by atoms with Crippen LogP contribution in [0.25, 0.3) is 0 Å². The van der Waals surface area contributed by atoms with Crippen molar-refractivity contribution in [1.29, 1.82) is 0 Å². The Morgan fingerprint density at radius 1 is 1.35 bits per heavy atom. The van der Waals surface area contributed by atoms with Gasteiger partial charge in [0.1, 0.15) is 11.5 Å². The maximum Gasteiger partial charge on any atom is 0.127 e. The fourth-order valence-corrected chi connectivity index (χ4v) is 2.38. The molecule has 2 rings (SSSR count). The van der Waals surface area contributed by atoms with Gasteiger partial charge in [-0.05, 0) is 19.1 Å². The smallest absolute Gasteiger partial charge is 0.127 e. The molecule has 0 bridgehead atoms. The molecule has 0 unspecified atom stereocenters. The van der Waals surface area contributed by atoms with Crippen LogP contribution < -0.4 is 10.1 Å². The van der Waals surface area contributed by atoms with Gasteiger partial charge in [0.25, 0.3) is 0 Å². The maximum atomic E-state index is 10.0. The number of rotatable bonds is 3. The van der Waals surface area contributed by atoms with Crippen LogP contribution in [0, 0.1) is 0 Å². The van der Waals surface area contributed by atoms with E-state index in [9.17, 15) is 5.11 Å². The highest BCUT2D eigenvalue weighted by Crippen LogP contribution is 2.36. The van der Waals surface area contributed by atoms with Crippen LogP contribution in [-0.2, 0) is 0 Å². The van der Waals surface area contributed by atoms with Crippen molar-refractivity contribution in [3.63, 3.8) is 0 Å². The van der Waals surface area contributed by atoms with Gasteiger partial charge in [0.15, 0.2) is 0 Å². The Morgan fingerprint density at radius 2 is 2.06 bits per heavy atom. The number of nitrogens with zero attached hydrogens (tertiary/aromatic N) is 1. The van der Waals surface area contributed by atoms with Crippen LogP contribution >= 0.6 is 0 Å². The molecule has 1 aliphatic rings. The van der Waals surface area contributed by atoms with Gasteiger partial charge in [-0.25, -0.2) is 0 Å². The predicted octanol–water partition coefficient (Wildman–Crippen LogP) is 1.37. The summed E-state index contributed by atoms with van der Waals surface area (Å²) in [6.45, 7) is 6.11. The van der Waals surface area contributed by atoms with E-state index in [4.69, 9.17) is 4.74 Å². The van der Waals surface area contributed by atoms with Crippen molar-refractivity contribution in [3.05, 3.63) is 23.8 Å². The standard InChI is InChI=1S/C13H20N2O2/c1-10(15-8-6-14-7-9-15)13-11(16)4-3-5-12(13)17-2/h3-5,10,14,16H,6-9H2,1-2H3/t10-/m0/s1. The summed E-state index contributed by atoms with van der Waals surface area (Å²) in [4.78, 5) is 2.36. The molecule has 1 aliphatic heterocycles. The van der Waals surface area contributed by atoms with Crippen molar-refractivity contribution < 1.29 is 9.84 Å². The minimum atomic E-state index is 0.174. The van der Waals surface area contributed by atoms with Crippen LogP contribution in [0.15, 0.2) is 18.2 Å². The van der Waals surface area contributed by atoms with Crippen LogP contribution in [-0.4, -0.2) is 43.3 Å². The van der Waals surface area contributed by atoms with Crippen LogP contribution in [0.1, 0.15) is 18.5 Å². The fraction of sp³-hybridized carbons (Fsp3) is 0.538. The first-order valence-electron chi connectivity index (χ1n) is 6.04. The zero-order valence-electron chi connectivity index (χ0n) is 10.4. The first kappa shape index (κ1) is 12.2. The van der Waals surface area contributed by atoms with Gasteiger partial charge in [0.2, 0.25) is 0 Å². The molecule has 0 amide bonds. The van der Waals surface area contributed by atoms with Crippen molar-refractivity contribution in [1.82, 2.24) is 10.2 Å². The van der Waals surface area contributed by atoms with E-state index in [1.54, 1.807) is 13.2 Å². The molecular formula is C13H20N2O2. The lowest BCUT2D eigenvalue weighted by molar-refractivity contribution is 0.180. The van der Waals surface area contributed by atoms with Crippen molar-refractivity contribution in [3.8, 4) is 11.5 Å². The van der Waals surface area contributed by atoms with Crippen LogP contribution in [0.5, 0.6) is 11.5 Å². The van der Waals surface area contributed by atoms with Crippen LogP contribution in [0.2, 0.25) is 0 Å². The summed E-state index contributed by atoms with van der Waals surface area (Å²) < 4.78 is 5.34. The van der Waals surface area contributed by atoms with E-state index in [1.165, 1.54) is 0 Å². The van der Waals surface area contributed by atoms with E-state index in [0.29, 0.717) is 5.75 Å². The molecular weight excluding hydrogens is 216 g/mol. The molecule has 4 nitrogen and oxygen atoms in total. The molecule has 0 aromatic heterocycles. The second-order valence-corrected chi connectivity index (χ2v) is 4.36. The summed E-state index contributed by atoms with van der Waals surface area (Å²) >= 11 is 0. The van der Waals surface area contributed by atoms with E-state index in [2.05, 4.69) is 17.1 Å². The zero-order valence-corrected chi connectivity index (χ0v) is 10.4. The molecule has 0 aliphatic carbocycles. The van der Waals surface area contributed by atoms with Gasteiger partial charge < -0.3 is 15.2 Å². The number of hydrogen-bond acceptors (Lipinski definition) is 4. The van der Waals surface area contributed by atoms with E-state index in [1.807, 2.05) is 12.1 Å². The first-order chi connectivity index (χ1) is 8.24. The Hall–Kier alpha value is -1.26. The predicted molar refractivity (Wildman–Crippen MR) is 67.5 cm³/mol. The van der Waals surface area contributed by atoms with Crippen LogP contribution in [0.3, 0.4) is 0 Å². The summed E-state index contributed by atoms with van der Waals surface area (Å²) in [5.41, 5.74) is 0.886. The molecule has 1 aromatic rings. The monoisotopic (exact) mass is 236 g/mol. The molecule has 0 spiro atoms. The van der Waals surface area contributed by atoms with Gasteiger partial charge in [-0.3, -0.25) is 4.90 Å². The Labute approximate surface area is 102 Å². The Morgan fingerprint density at radius 3 is 2.71 bits per heavy atom. The first-order valence-corrected chi connectivity index (χ1v) is 6.04. The molecule has 17 heavy (non-hydrogen) atoms. The van der Waals surface area contributed by atoms with Crippen molar-refractivity contribution >= 4 is 0 Å². The maximum absolute atomic E-state index is 10.0. The molecule has 0 radical (unpaired) electrons. The Kier molecular flexibility index (Phi) is 3.86. The van der Waals surface area contributed by atoms with E-state index in [-0.39, 0.29) is 6.04 Å². The molecule has 1 aromatic carbocycles. The number of hydrogen-bond donors (Lipinski definition) is 2. The number of phenolic OH excluding ortho intramolecular Hbond substituents is 1. The highest BCUT2D eigenvalue weighted by molar-refractivity contribution is 5.45. The number of methoxy groups -OCH3 is 1. The van der Waals surface area contributed by atoms with Crippen molar-refractivity contribution in [2.45, 2.75) is 13.0 Å². The second-order valence-electron chi connectivity index (χ2n) is 4.36. The van der Waals surface area contributed by atoms with E-state index < -0.39 is 0 Å². The van der Waals surface area contributed by atoms with E-state index >= 15 is 0 Å². The number of benzene rings is 1. The zero-order chi connectivity index (χ0) is 12.3. The lowest BCUT2D eigenvalue weighted by Crippen LogP contribution is -2.44. The molecule has 1 saturated heterocycles. The summed E-state index contributed by atoms with van der Waals surface area (Å²) in [6.07, 6.45) is 0. The number of phenols is 1. The number of aromatic hydroxyl groups is 1. The van der Waals surface area contributed by atoms with Gasteiger partial charge in [-0.2, -0.15) is 0 Å². The number of nitrogens with one attached hydrogen (secondary N) is 1. The minimum absolute atomic E-state index is 0.174. The van der Waals surface area contributed by atoms with Crippen molar-refractivity contribution in [2.24, 2.45) is 0 Å². The highest BCUT2D eigenvalue weighted by atomic mass is 16.5. The third kappa shape index (κ3) is 2.53. The second kappa shape index (κ2) is 5.38. The Balaban J connectivity index is 2.25. The summed E-state index contributed by atoms with van der Waals surface area (Å²) in [5.74, 6) is 1.08. The Bertz CT molecular complexity index is 376. The van der Waals surface area contributed by atoms with Gasteiger partial charge in [-0.15, -0.1) is 0 Å². The topological polar surface area (TPSA) is 44.7 Å². The molecule has 94 valence electrons. The minimum Gasteiger partial charge on any atom is -0.507 e. The average molecular weight is 236 g/mol. The SMILES string of the molecule is COc1cccc(O)c1[C@H](C)N1CCNCC1. The highest BCUT2D eigenvalue weighted by Gasteiger charge is 2.23.